The third kappa shape index (κ3) is 3.72. The molecule has 0 aromatic rings. The van der Waals surface area contributed by atoms with Gasteiger partial charge in [-0.3, -0.25) is 0 Å². The van der Waals surface area contributed by atoms with Crippen LogP contribution in [0.5, 0.6) is 0 Å². The van der Waals surface area contributed by atoms with Gasteiger partial charge in [0.15, 0.2) is 0 Å². The fraction of sp³-hybridized carbons (Fsp3) is 0.800. The van der Waals surface area contributed by atoms with Crippen LogP contribution in [0.2, 0.25) is 0 Å². The van der Waals surface area contributed by atoms with E-state index in [1.165, 1.54) is 0 Å². The Morgan fingerprint density at radius 2 is 2.43 bits per heavy atom. The van der Waals surface area contributed by atoms with Crippen LogP contribution >= 0.6 is 0 Å². The first-order valence-electron chi connectivity index (χ1n) is 2.49. The van der Waals surface area contributed by atoms with Gasteiger partial charge in [-0.05, 0) is 13.3 Å². The Morgan fingerprint density at radius 3 is 2.57 bits per heavy atom. The molecule has 0 fully saturated rings. The summed E-state index contributed by atoms with van der Waals surface area (Å²) in [4.78, 5) is 0. The molecule has 0 rings (SSSR count). The molecule has 0 aromatic carbocycles. The van der Waals surface area contributed by atoms with Crippen molar-refractivity contribution in [3.63, 3.8) is 0 Å². The van der Waals surface area contributed by atoms with E-state index in [4.69, 9.17) is 4.43 Å². The zero-order chi connectivity index (χ0) is 5.70. The van der Waals surface area contributed by atoms with Crippen molar-refractivity contribution in [3.05, 3.63) is 0 Å². The summed E-state index contributed by atoms with van der Waals surface area (Å²) >= 11 is 0. The molecule has 41 valence electrons. The zero-order valence-electron chi connectivity index (χ0n) is 4.90. The van der Waals surface area contributed by atoms with Crippen molar-refractivity contribution in [2.24, 2.45) is 0 Å². The summed E-state index contributed by atoms with van der Waals surface area (Å²) in [5.41, 5.74) is 0. The first-order chi connectivity index (χ1) is 3.31. The van der Waals surface area contributed by atoms with Crippen molar-refractivity contribution in [3.8, 4) is 0 Å². The fourth-order valence-electron chi connectivity index (χ4n) is 0.226. The van der Waals surface area contributed by atoms with Gasteiger partial charge in [0.1, 0.15) is 0 Å². The van der Waals surface area contributed by atoms with Crippen molar-refractivity contribution in [1.29, 1.82) is 0 Å². The summed E-state index contributed by atoms with van der Waals surface area (Å²) in [6, 6.07) is 0. The highest BCUT2D eigenvalue weighted by Gasteiger charge is 1.90. The lowest BCUT2D eigenvalue weighted by Crippen LogP contribution is -2.04. The molecule has 1 radical (unpaired) electrons. The molecule has 0 bridgehead atoms. The molecule has 0 saturated carbocycles. The van der Waals surface area contributed by atoms with Crippen LogP contribution in [0.15, 0.2) is 0 Å². The van der Waals surface area contributed by atoms with Crippen LogP contribution in [0.25, 0.3) is 0 Å². The van der Waals surface area contributed by atoms with Gasteiger partial charge in [0.05, 0.1) is 6.10 Å². The van der Waals surface area contributed by atoms with Crippen LogP contribution in [-0.4, -0.2) is 21.7 Å². The first kappa shape index (κ1) is 6.89. The molecular formula is C5H11OSi. The molecule has 0 amide bonds. The zero-order valence-corrected chi connectivity index (χ0v) is 5.90. The van der Waals surface area contributed by atoms with Crippen LogP contribution in [0.4, 0.5) is 0 Å². The second-order valence-electron chi connectivity index (χ2n) is 1.48. The monoisotopic (exact) mass is 115 g/mol. The predicted octanol–water partition coefficient (Wildman–Crippen LogP) is 0.853. The smallest absolute Gasteiger partial charge is 0.273 e. The van der Waals surface area contributed by atoms with Gasteiger partial charge in [0, 0.05) is 0 Å². The Morgan fingerprint density at radius 1 is 1.86 bits per heavy atom. The van der Waals surface area contributed by atoms with E-state index in [1.807, 2.05) is 0 Å². The molecule has 0 N–H and O–H groups in total. The first-order valence-corrected chi connectivity index (χ1v) is 3.60. The Balaban J connectivity index is 2.98. The molecular weight excluding hydrogens is 104 g/mol. The quantitative estimate of drug-likeness (QED) is 0.495. The van der Waals surface area contributed by atoms with Gasteiger partial charge in [-0.25, -0.2) is 0 Å². The van der Waals surface area contributed by atoms with Crippen LogP contribution in [0.3, 0.4) is 0 Å². The minimum absolute atomic E-state index is 0.395. The maximum absolute atomic E-state index is 5.11. The molecule has 0 aliphatic heterocycles. The van der Waals surface area contributed by atoms with E-state index in [2.05, 4.69) is 20.0 Å². The van der Waals surface area contributed by atoms with E-state index >= 15 is 0 Å². The molecule has 0 heterocycles. The van der Waals surface area contributed by atoms with Gasteiger partial charge in [0.2, 0.25) is 0 Å². The Labute approximate surface area is 47.3 Å². The predicted molar refractivity (Wildman–Crippen MR) is 33.7 cm³/mol. The van der Waals surface area contributed by atoms with Crippen LogP contribution in [-0.2, 0) is 4.43 Å². The van der Waals surface area contributed by atoms with E-state index < -0.39 is 0 Å². The lowest BCUT2D eigenvalue weighted by atomic mass is 10.3. The van der Waals surface area contributed by atoms with Crippen molar-refractivity contribution in [2.75, 3.05) is 0 Å². The van der Waals surface area contributed by atoms with Crippen molar-refractivity contribution >= 4 is 15.6 Å². The van der Waals surface area contributed by atoms with Gasteiger partial charge in [0.25, 0.3) is 9.38 Å². The molecule has 0 saturated heterocycles. The van der Waals surface area contributed by atoms with Gasteiger partial charge in [-0.15, -0.1) is 0 Å². The van der Waals surface area contributed by atoms with Crippen LogP contribution < -0.4 is 0 Å². The van der Waals surface area contributed by atoms with E-state index in [1.54, 1.807) is 0 Å². The molecule has 2 heteroatoms. The number of rotatable bonds is 3. The largest absolute Gasteiger partial charge is 0.546 e. The molecule has 0 spiro atoms. The van der Waals surface area contributed by atoms with Crippen molar-refractivity contribution in [1.82, 2.24) is 0 Å². The standard InChI is InChI=1S/C5H11OSi/c1-4-5(2)6-7-3/h5H,3-4H2,1-2H3. The summed E-state index contributed by atoms with van der Waals surface area (Å²) in [5, 5.41) is 0. The summed E-state index contributed by atoms with van der Waals surface area (Å²) in [7, 11) is 0.395. The SMILES string of the molecule is C=[Si]OC(C)CC. The third-order valence-electron chi connectivity index (χ3n) is 0.859. The number of hydrogen-bond acceptors (Lipinski definition) is 1. The van der Waals surface area contributed by atoms with Crippen molar-refractivity contribution < 1.29 is 4.43 Å². The van der Waals surface area contributed by atoms with Gasteiger partial charge < -0.3 is 4.43 Å². The topological polar surface area (TPSA) is 9.23 Å². The molecule has 7 heavy (non-hydrogen) atoms. The normalized spacial score (nSPS) is 12.9. The van der Waals surface area contributed by atoms with E-state index in [0.717, 1.165) is 6.42 Å². The second kappa shape index (κ2) is 4.06. The van der Waals surface area contributed by atoms with Gasteiger partial charge in [-0.2, -0.15) is 0 Å². The summed E-state index contributed by atoms with van der Waals surface area (Å²) < 4.78 is 5.11. The molecule has 1 unspecified atom stereocenters. The van der Waals surface area contributed by atoms with Gasteiger partial charge in [-0.1, -0.05) is 13.1 Å². The lowest BCUT2D eigenvalue weighted by molar-refractivity contribution is 0.237. The molecule has 1 atom stereocenters. The maximum atomic E-state index is 5.11. The average Bonchev–Trinajstić information content (AvgIpc) is 1.68. The van der Waals surface area contributed by atoms with E-state index in [9.17, 15) is 0 Å². The van der Waals surface area contributed by atoms with Crippen LogP contribution in [0.1, 0.15) is 20.3 Å². The minimum atomic E-state index is 0.395. The Bertz CT molecular complexity index is 54.0. The Kier molecular flexibility index (Phi) is 3.99. The molecule has 0 aromatic heterocycles. The van der Waals surface area contributed by atoms with Crippen LogP contribution in [0, 0.1) is 0 Å². The third-order valence-corrected chi connectivity index (χ3v) is 1.43. The molecule has 0 aliphatic carbocycles. The Hall–Kier alpha value is -0.113. The lowest BCUT2D eigenvalue weighted by Gasteiger charge is -2.05. The fourth-order valence-corrected chi connectivity index (χ4v) is 0.677. The summed E-state index contributed by atoms with van der Waals surface area (Å²) in [5.74, 6) is 0. The minimum Gasteiger partial charge on any atom is -0.546 e. The van der Waals surface area contributed by atoms with Crippen molar-refractivity contribution in [2.45, 2.75) is 26.4 Å². The average molecular weight is 115 g/mol. The number of hydrogen-bond donors (Lipinski definition) is 0. The van der Waals surface area contributed by atoms with Gasteiger partial charge >= 0.3 is 0 Å². The highest BCUT2D eigenvalue weighted by atomic mass is 28.2. The van der Waals surface area contributed by atoms with E-state index in [0.29, 0.717) is 15.5 Å². The highest BCUT2D eigenvalue weighted by molar-refractivity contribution is 6.33. The maximum Gasteiger partial charge on any atom is 0.273 e. The molecule has 0 aliphatic rings. The van der Waals surface area contributed by atoms with E-state index in [-0.39, 0.29) is 0 Å². The second-order valence-corrected chi connectivity index (χ2v) is 2.01. The highest BCUT2D eigenvalue weighted by Crippen LogP contribution is 1.90. The molecule has 1 nitrogen and oxygen atoms in total. The summed E-state index contributed by atoms with van der Waals surface area (Å²) in [6.07, 6.45) is 5.06. The summed E-state index contributed by atoms with van der Waals surface area (Å²) in [6.45, 7) is 4.16.